The molecule has 3 atom stereocenters. The van der Waals surface area contributed by atoms with Crippen LogP contribution in [0.4, 0.5) is 0 Å². The first-order valence-electron chi connectivity index (χ1n) is 8.51. The maximum Gasteiger partial charge on any atom is 0.209 e. The predicted molar refractivity (Wildman–Crippen MR) is 89.2 cm³/mol. The summed E-state index contributed by atoms with van der Waals surface area (Å²) in [6.45, 7) is 13.4. The zero-order valence-electron chi connectivity index (χ0n) is 14.8. The molecule has 0 aromatic carbocycles. The van der Waals surface area contributed by atoms with E-state index in [1.165, 1.54) is 0 Å². The topological polar surface area (TPSA) is 55.6 Å². The Hall–Kier alpha value is -0.610. The first-order valence-corrected chi connectivity index (χ1v) is 8.51. The minimum absolute atomic E-state index is 0.323. The summed E-state index contributed by atoms with van der Waals surface area (Å²) in [4.78, 5) is 12.3. The maximum absolute atomic E-state index is 10.4. The lowest BCUT2D eigenvalue weighted by molar-refractivity contribution is -0.120. The lowest BCUT2D eigenvalue weighted by Gasteiger charge is -2.34. The van der Waals surface area contributed by atoms with E-state index < -0.39 is 0 Å². The van der Waals surface area contributed by atoms with Crippen molar-refractivity contribution in [1.29, 1.82) is 0 Å². The van der Waals surface area contributed by atoms with Gasteiger partial charge < -0.3 is 15.4 Å². The summed E-state index contributed by atoms with van der Waals surface area (Å²) in [5.74, 6) is 0.661. The highest BCUT2D eigenvalue weighted by molar-refractivity contribution is 5.47. The maximum atomic E-state index is 10.4. The number of hydrogen-bond acceptors (Lipinski definition) is 3. The minimum Gasteiger partial charge on any atom is -0.376 e. The van der Waals surface area contributed by atoms with Crippen LogP contribution in [-0.2, 0) is 9.53 Å². The van der Waals surface area contributed by atoms with E-state index in [4.69, 9.17) is 10.5 Å². The van der Waals surface area contributed by atoms with Gasteiger partial charge in [-0.05, 0) is 59.3 Å². The van der Waals surface area contributed by atoms with Gasteiger partial charge in [-0.2, -0.15) is 0 Å². The fourth-order valence-corrected chi connectivity index (χ4v) is 3.06. The van der Waals surface area contributed by atoms with Gasteiger partial charge in [-0.1, -0.05) is 13.8 Å². The Kier molecular flexibility index (Phi) is 10.7. The Morgan fingerprint density at radius 2 is 1.67 bits per heavy atom. The first kappa shape index (κ1) is 20.4. The van der Waals surface area contributed by atoms with Crippen molar-refractivity contribution in [2.45, 2.75) is 91.5 Å². The molecule has 4 heteroatoms. The number of ether oxygens (including phenoxy) is 1. The van der Waals surface area contributed by atoms with Crippen LogP contribution in [0.15, 0.2) is 0 Å². The molecule has 126 valence electrons. The highest BCUT2D eigenvalue weighted by atomic mass is 16.5. The number of rotatable bonds is 6. The van der Waals surface area contributed by atoms with Crippen molar-refractivity contribution in [2.24, 2.45) is 11.7 Å². The van der Waals surface area contributed by atoms with Crippen molar-refractivity contribution >= 4 is 6.41 Å². The van der Waals surface area contributed by atoms with Crippen molar-refractivity contribution < 1.29 is 9.53 Å². The standard InChI is InChI=1S/C9H19NO.C8H17NO/c1-6-4-9(8(3)10)5-7(2)11-6;1-4-8(5-2)9(6-3)7-10/h6-9H,4-5,10H2,1-3H3;7-8H,4-6H2,1-3H3. The molecule has 0 aromatic rings. The molecule has 0 aromatic heterocycles. The average molecular weight is 300 g/mol. The van der Waals surface area contributed by atoms with Crippen LogP contribution in [-0.4, -0.2) is 42.1 Å². The monoisotopic (exact) mass is 300 g/mol. The third-order valence-electron chi connectivity index (χ3n) is 4.39. The van der Waals surface area contributed by atoms with Gasteiger partial charge in [-0.3, -0.25) is 4.79 Å². The normalized spacial score (nSPS) is 26.8. The summed E-state index contributed by atoms with van der Waals surface area (Å²) in [5, 5.41) is 0. The quantitative estimate of drug-likeness (QED) is 0.766. The van der Waals surface area contributed by atoms with Gasteiger partial charge in [0.15, 0.2) is 0 Å². The highest BCUT2D eigenvalue weighted by Crippen LogP contribution is 2.26. The number of amides is 1. The summed E-state index contributed by atoms with van der Waals surface area (Å²) in [6, 6.07) is 0.770. The summed E-state index contributed by atoms with van der Waals surface area (Å²) in [6.07, 6.45) is 6.11. The van der Waals surface area contributed by atoms with Gasteiger partial charge in [0, 0.05) is 18.6 Å². The number of nitrogens with two attached hydrogens (primary N) is 1. The van der Waals surface area contributed by atoms with E-state index in [0.717, 1.165) is 38.6 Å². The summed E-state index contributed by atoms with van der Waals surface area (Å²) in [7, 11) is 0. The van der Waals surface area contributed by atoms with E-state index in [2.05, 4.69) is 34.6 Å². The SMILES string of the molecule is CC1CC(C(C)N)CC(C)O1.CCC(CC)N(C=O)CC. The Morgan fingerprint density at radius 3 is 1.90 bits per heavy atom. The van der Waals surface area contributed by atoms with Crippen LogP contribution in [0, 0.1) is 5.92 Å². The lowest BCUT2D eigenvalue weighted by atomic mass is 9.88. The van der Waals surface area contributed by atoms with Crippen LogP contribution >= 0.6 is 0 Å². The Balaban J connectivity index is 0.000000384. The van der Waals surface area contributed by atoms with E-state index in [-0.39, 0.29) is 0 Å². The molecule has 1 aliphatic heterocycles. The minimum atomic E-state index is 0.323. The van der Waals surface area contributed by atoms with E-state index in [1.807, 2.05) is 11.8 Å². The van der Waals surface area contributed by atoms with Crippen LogP contribution in [0.25, 0.3) is 0 Å². The lowest BCUT2D eigenvalue weighted by Crippen LogP contribution is -2.37. The van der Waals surface area contributed by atoms with Crippen molar-refractivity contribution in [2.75, 3.05) is 6.54 Å². The van der Waals surface area contributed by atoms with Gasteiger partial charge in [0.2, 0.25) is 6.41 Å². The number of carbonyl (C=O) groups excluding carboxylic acids is 1. The second-order valence-corrected chi connectivity index (χ2v) is 6.25. The average Bonchev–Trinajstić information content (AvgIpc) is 2.44. The molecule has 1 amide bonds. The number of carbonyl (C=O) groups is 1. The van der Waals surface area contributed by atoms with Gasteiger partial charge in [0.05, 0.1) is 12.2 Å². The molecular weight excluding hydrogens is 264 g/mol. The molecule has 21 heavy (non-hydrogen) atoms. The molecule has 0 radical (unpaired) electrons. The van der Waals surface area contributed by atoms with E-state index in [0.29, 0.717) is 30.2 Å². The predicted octanol–water partition coefficient (Wildman–Crippen LogP) is 3.19. The Bertz CT molecular complexity index is 258. The van der Waals surface area contributed by atoms with Crippen LogP contribution in [0.2, 0.25) is 0 Å². The van der Waals surface area contributed by atoms with Gasteiger partial charge in [-0.15, -0.1) is 0 Å². The molecule has 1 aliphatic rings. The van der Waals surface area contributed by atoms with E-state index in [9.17, 15) is 4.79 Å². The fraction of sp³-hybridized carbons (Fsp3) is 0.941. The van der Waals surface area contributed by atoms with Gasteiger partial charge >= 0.3 is 0 Å². The molecule has 1 rings (SSSR count). The zero-order valence-corrected chi connectivity index (χ0v) is 14.8. The zero-order chi connectivity index (χ0) is 16.4. The summed E-state index contributed by atoms with van der Waals surface area (Å²) < 4.78 is 5.61. The van der Waals surface area contributed by atoms with Crippen LogP contribution in [0.3, 0.4) is 0 Å². The van der Waals surface area contributed by atoms with E-state index >= 15 is 0 Å². The number of hydrogen-bond donors (Lipinski definition) is 1. The van der Waals surface area contributed by atoms with Gasteiger partial charge in [0.25, 0.3) is 0 Å². The molecule has 0 saturated carbocycles. The fourth-order valence-electron chi connectivity index (χ4n) is 3.06. The van der Waals surface area contributed by atoms with Crippen molar-refractivity contribution in [3.63, 3.8) is 0 Å². The molecule has 1 fully saturated rings. The first-order chi connectivity index (χ1) is 9.89. The molecule has 4 nitrogen and oxygen atoms in total. The Labute approximate surface area is 131 Å². The second kappa shape index (κ2) is 11.0. The van der Waals surface area contributed by atoms with Gasteiger partial charge in [-0.25, -0.2) is 0 Å². The smallest absolute Gasteiger partial charge is 0.209 e. The molecule has 3 unspecified atom stereocenters. The second-order valence-electron chi connectivity index (χ2n) is 6.25. The summed E-state index contributed by atoms with van der Waals surface area (Å²) in [5.41, 5.74) is 5.84. The highest BCUT2D eigenvalue weighted by Gasteiger charge is 2.26. The van der Waals surface area contributed by atoms with Crippen molar-refractivity contribution in [1.82, 2.24) is 4.90 Å². The van der Waals surface area contributed by atoms with Crippen LogP contribution in [0.5, 0.6) is 0 Å². The third-order valence-corrected chi connectivity index (χ3v) is 4.39. The molecule has 0 aliphatic carbocycles. The van der Waals surface area contributed by atoms with Gasteiger partial charge in [0.1, 0.15) is 0 Å². The molecule has 1 saturated heterocycles. The van der Waals surface area contributed by atoms with E-state index in [1.54, 1.807) is 0 Å². The third kappa shape index (κ3) is 7.82. The molecule has 0 bridgehead atoms. The molecule has 0 spiro atoms. The number of nitrogens with zero attached hydrogens (tertiary/aromatic N) is 1. The molecule has 1 heterocycles. The summed E-state index contributed by atoms with van der Waals surface area (Å²) >= 11 is 0. The largest absolute Gasteiger partial charge is 0.376 e. The molecular formula is C17H36N2O2. The van der Waals surface area contributed by atoms with Crippen molar-refractivity contribution in [3.8, 4) is 0 Å². The molecule has 2 N–H and O–H groups in total. The van der Waals surface area contributed by atoms with Crippen LogP contribution < -0.4 is 5.73 Å². The van der Waals surface area contributed by atoms with Crippen LogP contribution in [0.1, 0.15) is 67.2 Å². The Morgan fingerprint density at radius 1 is 1.19 bits per heavy atom. The van der Waals surface area contributed by atoms with Crippen molar-refractivity contribution in [3.05, 3.63) is 0 Å².